The van der Waals surface area contributed by atoms with Gasteiger partial charge in [0.25, 0.3) is 5.91 Å². The molecule has 1 aliphatic rings. The van der Waals surface area contributed by atoms with Gasteiger partial charge in [0.2, 0.25) is 0 Å². The summed E-state index contributed by atoms with van der Waals surface area (Å²) >= 11 is 0. The smallest absolute Gasteiger partial charge is 0.331 e. The molecule has 3 rings (SSSR count). The van der Waals surface area contributed by atoms with Gasteiger partial charge in [0.1, 0.15) is 6.04 Å². The molecule has 1 heterocycles. The van der Waals surface area contributed by atoms with E-state index < -0.39 is 6.04 Å². The van der Waals surface area contributed by atoms with Gasteiger partial charge in [0, 0.05) is 51.9 Å². The Bertz CT molecular complexity index is 859. The zero-order valence-corrected chi connectivity index (χ0v) is 19.6. The molecule has 0 aliphatic carbocycles. The van der Waals surface area contributed by atoms with Gasteiger partial charge in [-0.2, -0.15) is 7.11 Å². The first-order chi connectivity index (χ1) is 12.7. The molecule has 0 bridgehead atoms. The van der Waals surface area contributed by atoms with Crippen LogP contribution in [-0.2, 0) is 49.3 Å². The van der Waals surface area contributed by atoms with E-state index in [9.17, 15) is 9.59 Å². The normalized spacial score (nSPS) is 17.0. The number of nitrogens with zero attached hydrogens (tertiary/aromatic N) is 2. The van der Waals surface area contributed by atoms with Crippen LogP contribution in [0.25, 0.3) is 0 Å². The molecule has 0 N–H and O–H groups in total. The average Bonchev–Trinajstić information content (AvgIpc) is 2.85. The molecular formula is C22H25N2O3Y-. The molecule has 1 fully saturated rings. The van der Waals surface area contributed by atoms with Crippen LogP contribution in [0, 0.1) is 7.11 Å². The van der Waals surface area contributed by atoms with Crippen molar-refractivity contribution in [2.24, 2.45) is 0 Å². The van der Waals surface area contributed by atoms with Crippen LogP contribution >= 0.6 is 0 Å². The number of hydrogen-bond donors (Lipinski definition) is 0. The van der Waals surface area contributed by atoms with E-state index in [1.165, 1.54) is 17.5 Å². The third-order valence-electron chi connectivity index (χ3n) is 4.93. The minimum Gasteiger partial charge on any atom is -0.665 e. The van der Waals surface area contributed by atoms with Crippen LogP contribution in [0.15, 0.2) is 48.5 Å². The van der Waals surface area contributed by atoms with Crippen molar-refractivity contribution in [3.63, 3.8) is 0 Å². The second-order valence-corrected chi connectivity index (χ2v) is 7.86. The Kier molecular flexibility index (Phi) is 7.05. The Morgan fingerprint density at radius 3 is 2.29 bits per heavy atom. The summed E-state index contributed by atoms with van der Waals surface area (Å²) in [5.41, 5.74) is 2.83. The molecule has 28 heavy (non-hydrogen) atoms. The number of imide groups is 1. The maximum absolute atomic E-state index is 12.7. The van der Waals surface area contributed by atoms with Crippen molar-refractivity contribution in [3.8, 4) is 5.75 Å². The van der Waals surface area contributed by atoms with Crippen molar-refractivity contribution in [3.05, 3.63) is 66.8 Å². The van der Waals surface area contributed by atoms with E-state index in [2.05, 4.69) is 27.9 Å². The molecule has 2 aromatic rings. The second kappa shape index (κ2) is 8.75. The summed E-state index contributed by atoms with van der Waals surface area (Å²) < 4.78 is 5.02. The standard InChI is InChI=1S/C22H25N2O3.Y/c1-22(2,3)16-9-11-17(12-10-16)24-19(20(25)23(4)21(24)26)14-15-7-6-8-18(13-15)27-5;/h6-13,19H,5,14H2,1-4H3;/q-1;. The number of urea groups is 1. The third kappa shape index (κ3) is 4.47. The molecule has 0 aromatic heterocycles. The Labute approximate surface area is 191 Å². The summed E-state index contributed by atoms with van der Waals surface area (Å²) in [7, 11) is 4.94. The molecule has 5 nitrogen and oxygen atoms in total. The summed E-state index contributed by atoms with van der Waals surface area (Å²) in [5, 5.41) is 0. The number of carbonyl (C=O) groups is 2. The number of carbonyl (C=O) groups excluding carboxylic acids is 2. The fraction of sp³-hybridized carbons (Fsp3) is 0.318. The van der Waals surface area contributed by atoms with Crippen LogP contribution in [0.2, 0.25) is 0 Å². The first-order valence-electron chi connectivity index (χ1n) is 8.94. The van der Waals surface area contributed by atoms with Crippen LogP contribution in [0.1, 0.15) is 31.9 Å². The van der Waals surface area contributed by atoms with Crippen molar-refractivity contribution in [2.45, 2.75) is 38.6 Å². The van der Waals surface area contributed by atoms with E-state index >= 15 is 0 Å². The quantitative estimate of drug-likeness (QED) is 0.515. The minimum atomic E-state index is -0.581. The molecule has 1 atom stereocenters. The van der Waals surface area contributed by atoms with Gasteiger partial charge in [0.15, 0.2) is 0 Å². The van der Waals surface area contributed by atoms with Crippen LogP contribution in [0.3, 0.4) is 0 Å². The van der Waals surface area contributed by atoms with Crippen LogP contribution in [0.5, 0.6) is 5.75 Å². The predicted octanol–water partition coefficient (Wildman–Crippen LogP) is 4.16. The number of anilines is 1. The first kappa shape index (κ1) is 22.6. The van der Waals surface area contributed by atoms with Crippen molar-refractivity contribution in [1.82, 2.24) is 4.90 Å². The number of likely N-dealkylation sites (N-methyl/N-ethyl adjacent to an activating group) is 1. The molecule has 2 aromatic carbocycles. The Morgan fingerprint density at radius 2 is 1.71 bits per heavy atom. The number of ether oxygens (including phenoxy) is 1. The maximum Gasteiger partial charge on any atom is 0.331 e. The molecule has 145 valence electrons. The summed E-state index contributed by atoms with van der Waals surface area (Å²) in [6.07, 6.45) is 0.410. The summed E-state index contributed by atoms with van der Waals surface area (Å²) in [4.78, 5) is 28.2. The zero-order chi connectivity index (χ0) is 19.8. The number of rotatable bonds is 4. The third-order valence-corrected chi connectivity index (χ3v) is 4.93. The van der Waals surface area contributed by atoms with Gasteiger partial charge >= 0.3 is 6.03 Å². The van der Waals surface area contributed by atoms with Crippen molar-refractivity contribution in [1.29, 1.82) is 0 Å². The van der Waals surface area contributed by atoms with Gasteiger partial charge in [-0.1, -0.05) is 45.0 Å². The fourth-order valence-corrected chi connectivity index (χ4v) is 3.30. The summed E-state index contributed by atoms with van der Waals surface area (Å²) in [6, 6.07) is 14.4. The predicted molar refractivity (Wildman–Crippen MR) is 106 cm³/mol. The SMILES string of the molecule is [CH2-]Oc1cccc(CC2C(=O)N(C)C(=O)N2c2ccc(C(C)(C)C)cc2)c1.[Y]. The van der Waals surface area contributed by atoms with Gasteiger partial charge in [0.05, 0.1) is 5.75 Å². The Hall–Kier alpha value is -1.72. The van der Waals surface area contributed by atoms with Crippen molar-refractivity contribution < 1.29 is 47.0 Å². The Morgan fingerprint density at radius 1 is 1.07 bits per heavy atom. The summed E-state index contributed by atoms with van der Waals surface area (Å²) in [6.45, 7) is 6.42. The number of amides is 3. The molecule has 1 unspecified atom stereocenters. The molecule has 0 saturated carbocycles. The molecule has 6 heteroatoms. The Balaban J connectivity index is 0.00000280. The van der Waals surface area contributed by atoms with Crippen LogP contribution in [0.4, 0.5) is 10.5 Å². The molecule has 1 radical (unpaired) electrons. The van der Waals surface area contributed by atoms with Gasteiger partial charge in [-0.15, -0.1) is 0 Å². The van der Waals surface area contributed by atoms with E-state index in [4.69, 9.17) is 4.74 Å². The number of hydrogen-bond acceptors (Lipinski definition) is 3. The number of benzene rings is 2. The van der Waals surface area contributed by atoms with Gasteiger partial charge in [-0.3, -0.25) is 14.6 Å². The largest absolute Gasteiger partial charge is 0.665 e. The van der Waals surface area contributed by atoms with E-state index in [-0.39, 0.29) is 50.1 Å². The van der Waals surface area contributed by atoms with E-state index in [0.29, 0.717) is 12.2 Å². The summed E-state index contributed by atoms with van der Waals surface area (Å²) in [5.74, 6) is 0.416. The molecule has 0 spiro atoms. The van der Waals surface area contributed by atoms with E-state index in [1.54, 1.807) is 11.0 Å². The molecule has 1 aliphatic heterocycles. The topological polar surface area (TPSA) is 49.9 Å². The molecular weight excluding hydrogens is 429 g/mol. The van der Waals surface area contributed by atoms with E-state index in [0.717, 1.165) is 11.3 Å². The average molecular weight is 454 g/mol. The minimum absolute atomic E-state index is 0. The monoisotopic (exact) mass is 454 g/mol. The van der Waals surface area contributed by atoms with E-state index in [1.807, 2.05) is 42.5 Å². The second-order valence-electron chi connectivity index (χ2n) is 7.86. The first-order valence-corrected chi connectivity index (χ1v) is 8.94. The van der Waals surface area contributed by atoms with Crippen LogP contribution in [-0.4, -0.2) is 29.9 Å². The van der Waals surface area contributed by atoms with Crippen LogP contribution < -0.4 is 9.64 Å². The van der Waals surface area contributed by atoms with Crippen molar-refractivity contribution in [2.75, 3.05) is 11.9 Å². The van der Waals surface area contributed by atoms with Crippen molar-refractivity contribution >= 4 is 17.6 Å². The zero-order valence-electron chi connectivity index (χ0n) is 16.8. The van der Waals surface area contributed by atoms with Gasteiger partial charge < -0.3 is 4.74 Å². The fourth-order valence-electron chi connectivity index (χ4n) is 3.30. The van der Waals surface area contributed by atoms with Gasteiger partial charge in [-0.05, 0) is 40.8 Å². The van der Waals surface area contributed by atoms with Gasteiger partial charge in [-0.25, -0.2) is 4.79 Å². The maximum atomic E-state index is 12.7. The molecule has 3 amide bonds. The molecule has 1 saturated heterocycles.